The molecule has 27 heavy (non-hydrogen) atoms. The quantitative estimate of drug-likeness (QED) is 0.587. The molecule has 1 heterocycles. The van der Waals surface area contributed by atoms with Gasteiger partial charge in [-0.2, -0.15) is 5.10 Å². The molecule has 0 bridgehead atoms. The molecule has 0 aliphatic carbocycles. The maximum absolute atomic E-state index is 12.3. The maximum Gasteiger partial charge on any atom is 0.251 e. The molecule has 0 saturated carbocycles. The monoisotopic (exact) mass is 364 g/mol. The van der Waals surface area contributed by atoms with Gasteiger partial charge in [-0.25, -0.2) is 9.67 Å². The minimum absolute atomic E-state index is 0.104. The van der Waals surface area contributed by atoms with Crippen molar-refractivity contribution in [2.45, 2.75) is 32.7 Å². The van der Waals surface area contributed by atoms with E-state index in [1.165, 1.54) is 19.2 Å². The minimum Gasteiger partial charge on any atom is -0.494 e. The highest BCUT2D eigenvalue weighted by atomic mass is 16.5. The highest BCUT2D eigenvalue weighted by Crippen LogP contribution is 2.13. The molecule has 0 aliphatic heterocycles. The molecule has 3 rings (SSSR count). The molecule has 3 aromatic rings. The van der Waals surface area contributed by atoms with Gasteiger partial charge >= 0.3 is 0 Å². The highest BCUT2D eigenvalue weighted by Gasteiger charge is 2.06. The number of nitrogens with one attached hydrogen (secondary N) is 1. The van der Waals surface area contributed by atoms with E-state index in [9.17, 15) is 4.79 Å². The summed E-state index contributed by atoms with van der Waals surface area (Å²) < 4.78 is 7.36. The molecule has 0 atom stereocenters. The first kappa shape index (κ1) is 18.6. The van der Waals surface area contributed by atoms with Crippen molar-refractivity contribution in [3.05, 3.63) is 72.3 Å². The number of hydrogen-bond acceptors (Lipinski definition) is 4. The average molecular weight is 364 g/mol. The Morgan fingerprint density at radius 2 is 1.85 bits per heavy atom. The number of rotatable bonds is 9. The van der Waals surface area contributed by atoms with Crippen molar-refractivity contribution in [1.29, 1.82) is 0 Å². The van der Waals surface area contributed by atoms with Crippen LogP contribution in [0.15, 0.2) is 61.2 Å². The van der Waals surface area contributed by atoms with Crippen LogP contribution in [-0.4, -0.2) is 27.3 Å². The lowest BCUT2D eigenvalue weighted by atomic mass is 10.1. The lowest BCUT2D eigenvalue weighted by molar-refractivity contribution is 0.0951. The fraction of sp³-hybridized carbons (Fsp3) is 0.286. The first-order valence-corrected chi connectivity index (χ1v) is 9.21. The van der Waals surface area contributed by atoms with E-state index in [1.54, 1.807) is 23.1 Å². The first-order chi connectivity index (χ1) is 13.3. The fourth-order valence-corrected chi connectivity index (χ4v) is 2.64. The molecule has 6 heteroatoms. The van der Waals surface area contributed by atoms with Gasteiger partial charge in [0.25, 0.3) is 5.91 Å². The standard InChI is InChI=1S/C21H24N4O2/c1-2-3-4-13-27-20-11-7-18(8-12-20)21(26)23-14-17-5-9-19(10-6-17)25-16-22-15-24-25/h5-12,15-16H,2-4,13-14H2,1H3,(H,23,26). The molecular weight excluding hydrogens is 340 g/mol. The van der Waals surface area contributed by atoms with E-state index < -0.39 is 0 Å². The number of nitrogens with zero attached hydrogens (tertiary/aromatic N) is 3. The van der Waals surface area contributed by atoms with Crippen molar-refractivity contribution in [1.82, 2.24) is 20.1 Å². The van der Waals surface area contributed by atoms with E-state index >= 15 is 0 Å². The van der Waals surface area contributed by atoms with E-state index in [2.05, 4.69) is 22.3 Å². The number of carbonyl (C=O) groups excluding carboxylic acids is 1. The summed E-state index contributed by atoms with van der Waals surface area (Å²) >= 11 is 0. The van der Waals surface area contributed by atoms with Gasteiger partial charge in [-0.15, -0.1) is 0 Å². The van der Waals surface area contributed by atoms with E-state index in [0.29, 0.717) is 18.7 Å². The van der Waals surface area contributed by atoms with Gasteiger partial charge in [0.05, 0.1) is 12.3 Å². The summed E-state index contributed by atoms with van der Waals surface area (Å²) in [6.07, 6.45) is 6.53. The van der Waals surface area contributed by atoms with E-state index in [0.717, 1.165) is 23.4 Å². The molecule has 0 saturated heterocycles. The number of carbonyl (C=O) groups is 1. The molecule has 0 unspecified atom stereocenters. The van der Waals surface area contributed by atoms with Crippen LogP contribution in [0.4, 0.5) is 0 Å². The van der Waals surface area contributed by atoms with Crippen molar-refractivity contribution in [3.63, 3.8) is 0 Å². The molecule has 1 amide bonds. The summed E-state index contributed by atoms with van der Waals surface area (Å²) in [5, 5.41) is 7.02. The zero-order valence-corrected chi connectivity index (χ0v) is 15.5. The second-order valence-electron chi connectivity index (χ2n) is 6.27. The number of hydrogen-bond donors (Lipinski definition) is 1. The average Bonchev–Trinajstić information content (AvgIpc) is 3.25. The predicted molar refractivity (Wildman–Crippen MR) is 104 cm³/mol. The Balaban J connectivity index is 1.48. The third-order valence-electron chi connectivity index (χ3n) is 4.21. The van der Waals surface area contributed by atoms with Crippen LogP contribution in [0, 0.1) is 0 Å². The number of aromatic nitrogens is 3. The van der Waals surface area contributed by atoms with Crippen molar-refractivity contribution in [2.24, 2.45) is 0 Å². The Morgan fingerprint density at radius 1 is 1.07 bits per heavy atom. The summed E-state index contributed by atoms with van der Waals surface area (Å²) in [6.45, 7) is 3.34. The summed E-state index contributed by atoms with van der Waals surface area (Å²) in [4.78, 5) is 16.2. The van der Waals surface area contributed by atoms with Crippen LogP contribution in [0.1, 0.15) is 42.1 Å². The summed E-state index contributed by atoms with van der Waals surface area (Å²) in [5.74, 6) is 0.694. The lowest BCUT2D eigenvalue weighted by Crippen LogP contribution is -2.22. The van der Waals surface area contributed by atoms with Crippen LogP contribution in [0.2, 0.25) is 0 Å². The molecule has 1 aromatic heterocycles. The highest BCUT2D eigenvalue weighted by molar-refractivity contribution is 5.94. The zero-order chi connectivity index (χ0) is 18.9. The van der Waals surface area contributed by atoms with E-state index in [4.69, 9.17) is 4.74 Å². The molecule has 0 aliphatic rings. The largest absolute Gasteiger partial charge is 0.494 e. The molecule has 0 fully saturated rings. The van der Waals surface area contributed by atoms with Gasteiger partial charge in [0.2, 0.25) is 0 Å². The van der Waals surface area contributed by atoms with Crippen LogP contribution in [0.3, 0.4) is 0 Å². The number of unbranched alkanes of at least 4 members (excludes halogenated alkanes) is 2. The Bertz CT molecular complexity index is 828. The molecule has 1 N–H and O–H groups in total. The molecular formula is C21H24N4O2. The SMILES string of the molecule is CCCCCOc1ccc(C(=O)NCc2ccc(-n3cncn3)cc2)cc1. The lowest BCUT2D eigenvalue weighted by Gasteiger charge is -2.08. The topological polar surface area (TPSA) is 69.0 Å². The second-order valence-corrected chi connectivity index (χ2v) is 6.27. The van der Waals surface area contributed by atoms with Crippen LogP contribution in [0.5, 0.6) is 5.75 Å². The normalized spacial score (nSPS) is 10.6. The predicted octanol–water partition coefficient (Wildman–Crippen LogP) is 3.77. The van der Waals surface area contributed by atoms with Gasteiger partial charge in [-0.3, -0.25) is 4.79 Å². The fourth-order valence-electron chi connectivity index (χ4n) is 2.64. The summed E-state index contributed by atoms with van der Waals surface area (Å²) in [5.41, 5.74) is 2.57. The summed E-state index contributed by atoms with van der Waals surface area (Å²) in [7, 11) is 0. The Kier molecular flexibility index (Phi) is 6.57. The third kappa shape index (κ3) is 5.41. The second kappa shape index (κ2) is 9.52. The number of ether oxygens (including phenoxy) is 1. The van der Waals surface area contributed by atoms with Crippen molar-refractivity contribution < 1.29 is 9.53 Å². The minimum atomic E-state index is -0.104. The van der Waals surface area contributed by atoms with Gasteiger partial charge in [-0.05, 0) is 48.4 Å². The number of benzene rings is 2. The van der Waals surface area contributed by atoms with Crippen LogP contribution in [-0.2, 0) is 6.54 Å². The van der Waals surface area contributed by atoms with Gasteiger partial charge < -0.3 is 10.1 Å². The van der Waals surface area contributed by atoms with Gasteiger partial charge in [-0.1, -0.05) is 31.9 Å². The first-order valence-electron chi connectivity index (χ1n) is 9.21. The third-order valence-corrected chi connectivity index (χ3v) is 4.21. The van der Waals surface area contributed by atoms with Gasteiger partial charge in [0.1, 0.15) is 18.4 Å². The molecule has 6 nitrogen and oxygen atoms in total. The zero-order valence-electron chi connectivity index (χ0n) is 15.5. The molecule has 2 aromatic carbocycles. The van der Waals surface area contributed by atoms with Crippen molar-refractivity contribution in [3.8, 4) is 11.4 Å². The molecule has 140 valence electrons. The Labute approximate surface area is 159 Å². The van der Waals surface area contributed by atoms with Gasteiger partial charge in [0, 0.05) is 12.1 Å². The van der Waals surface area contributed by atoms with Crippen molar-refractivity contribution in [2.75, 3.05) is 6.61 Å². The van der Waals surface area contributed by atoms with E-state index in [-0.39, 0.29) is 5.91 Å². The molecule has 0 spiro atoms. The Hall–Kier alpha value is -3.15. The Morgan fingerprint density at radius 3 is 2.52 bits per heavy atom. The van der Waals surface area contributed by atoms with Gasteiger partial charge in [0.15, 0.2) is 0 Å². The summed E-state index contributed by atoms with van der Waals surface area (Å²) in [6, 6.07) is 15.1. The van der Waals surface area contributed by atoms with Crippen LogP contribution in [0.25, 0.3) is 5.69 Å². The van der Waals surface area contributed by atoms with Crippen molar-refractivity contribution >= 4 is 5.91 Å². The van der Waals surface area contributed by atoms with Crippen LogP contribution >= 0.6 is 0 Å². The smallest absolute Gasteiger partial charge is 0.251 e. The number of amides is 1. The maximum atomic E-state index is 12.3. The van der Waals surface area contributed by atoms with Crippen LogP contribution < -0.4 is 10.1 Å². The van der Waals surface area contributed by atoms with E-state index in [1.807, 2.05) is 36.4 Å². The molecule has 0 radical (unpaired) electrons.